The second-order valence-corrected chi connectivity index (χ2v) is 6.84. The SMILES string of the molecule is COc1cc(C(C)=O)ccc1OCCCCn1cnc2cc(C)c(C)cc21.Cl. The van der Waals surface area contributed by atoms with E-state index in [0.29, 0.717) is 23.7 Å². The van der Waals surface area contributed by atoms with Crippen LogP contribution in [0.25, 0.3) is 11.0 Å². The molecule has 0 radical (unpaired) electrons. The number of methoxy groups -OCH3 is 1. The Balaban J connectivity index is 0.00000280. The molecule has 0 fully saturated rings. The Kier molecular flexibility index (Phi) is 7.46. The van der Waals surface area contributed by atoms with Gasteiger partial charge < -0.3 is 14.0 Å². The molecule has 0 bridgehead atoms. The zero-order valence-electron chi connectivity index (χ0n) is 16.8. The molecule has 0 aliphatic rings. The van der Waals surface area contributed by atoms with Crippen molar-refractivity contribution in [1.82, 2.24) is 9.55 Å². The minimum absolute atomic E-state index is 0. The van der Waals surface area contributed by atoms with Crippen LogP contribution in [-0.2, 0) is 6.54 Å². The van der Waals surface area contributed by atoms with Crippen molar-refractivity contribution in [3.8, 4) is 11.5 Å². The molecule has 1 heterocycles. The molecule has 150 valence electrons. The number of nitrogens with zero attached hydrogens (tertiary/aromatic N) is 2. The fourth-order valence-electron chi connectivity index (χ4n) is 3.06. The van der Waals surface area contributed by atoms with Crippen molar-refractivity contribution in [3.63, 3.8) is 0 Å². The average Bonchev–Trinajstić information content (AvgIpc) is 3.03. The van der Waals surface area contributed by atoms with Crippen LogP contribution in [0.1, 0.15) is 41.3 Å². The van der Waals surface area contributed by atoms with E-state index in [4.69, 9.17) is 9.47 Å². The van der Waals surface area contributed by atoms with Crippen molar-refractivity contribution >= 4 is 29.2 Å². The summed E-state index contributed by atoms with van der Waals surface area (Å²) < 4.78 is 13.4. The van der Waals surface area contributed by atoms with Crippen LogP contribution in [0.15, 0.2) is 36.7 Å². The van der Waals surface area contributed by atoms with E-state index in [1.165, 1.54) is 23.6 Å². The Labute approximate surface area is 172 Å². The molecule has 0 N–H and O–H groups in total. The number of halogens is 1. The monoisotopic (exact) mass is 402 g/mol. The van der Waals surface area contributed by atoms with Crippen molar-refractivity contribution in [3.05, 3.63) is 53.3 Å². The van der Waals surface area contributed by atoms with Crippen LogP contribution in [0, 0.1) is 13.8 Å². The smallest absolute Gasteiger partial charge is 0.161 e. The first kappa shape index (κ1) is 21.8. The number of carbonyl (C=O) groups excluding carboxylic acids is 1. The maximum absolute atomic E-state index is 11.5. The van der Waals surface area contributed by atoms with Crippen molar-refractivity contribution in [2.24, 2.45) is 0 Å². The number of benzene rings is 2. The summed E-state index contributed by atoms with van der Waals surface area (Å²) in [5, 5.41) is 0. The molecule has 0 atom stereocenters. The number of imidazole rings is 1. The first-order valence-electron chi connectivity index (χ1n) is 9.23. The molecule has 0 aliphatic carbocycles. The molecule has 6 heteroatoms. The van der Waals surface area contributed by atoms with E-state index >= 15 is 0 Å². The number of hydrogen-bond donors (Lipinski definition) is 0. The molecule has 0 saturated carbocycles. The number of ether oxygens (including phenoxy) is 2. The van der Waals surface area contributed by atoms with E-state index in [9.17, 15) is 4.79 Å². The highest BCUT2D eigenvalue weighted by molar-refractivity contribution is 5.94. The number of hydrogen-bond acceptors (Lipinski definition) is 4. The standard InChI is InChI=1S/C22H26N2O3.ClH/c1-15-11-19-20(12-16(15)2)24(14-23-19)9-5-6-10-27-21-8-7-18(17(3)25)13-22(21)26-4;/h7-8,11-14H,5-6,9-10H2,1-4H3;1H. The maximum atomic E-state index is 11.5. The number of aromatic nitrogens is 2. The highest BCUT2D eigenvalue weighted by Gasteiger charge is 2.09. The van der Waals surface area contributed by atoms with Crippen LogP contribution in [-0.4, -0.2) is 29.1 Å². The van der Waals surface area contributed by atoms with Gasteiger partial charge in [-0.05, 0) is 75.1 Å². The van der Waals surface area contributed by atoms with E-state index < -0.39 is 0 Å². The first-order valence-corrected chi connectivity index (χ1v) is 9.23. The summed E-state index contributed by atoms with van der Waals surface area (Å²) >= 11 is 0. The fraction of sp³-hybridized carbons (Fsp3) is 0.364. The lowest BCUT2D eigenvalue weighted by Crippen LogP contribution is -2.03. The molecule has 28 heavy (non-hydrogen) atoms. The molecule has 2 aromatic carbocycles. The van der Waals surface area contributed by atoms with E-state index in [1.807, 2.05) is 6.33 Å². The molecule has 0 amide bonds. The zero-order chi connectivity index (χ0) is 19.4. The maximum Gasteiger partial charge on any atom is 0.161 e. The van der Waals surface area contributed by atoms with E-state index in [-0.39, 0.29) is 18.2 Å². The van der Waals surface area contributed by atoms with Gasteiger partial charge in [-0.15, -0.1) is 12.4 Å². The number of carbonyl (C=O) groups is 1. The molecule has 0 unspecified atom stereocenters. The summed E-state index contributed by atoms with van der Waals surface area (Å²) in [6.07, 6.45) is 3.82. The van der Waals surface area contributed by atoms with Gasteiger partial charge in [-0.2, -0.15) is 0 Å². The molecule has 0 spiro atoms. The van der Waals surface area contributed by atoms with Gasteiger partial charge in [0.05, 0.1) is 31.1 Å². The predicted octanol–water partition coefficient (Wildman–Crippen LogP) is 5.15. The molecular weight excluding hydrogens is 376 g/mol. The molecule has 1 aromatic heterocycles. The Hall–Kier alpha value is -2.53. The minimum atomic E-state index is 0. The third-order valence-corrected chi connectivity index (χ3v) is 4.86. The van der Waals surface area contributed by atoms with Crippen molar-refractivity contribution < 1.29 is 14.3 Å². The van der Waals surface area contributed by atoms with Gasteiger partial charge in [-0.25, -0.2) is 4.98 Å². The summed E-state index contributed by atoms with van der Waals surface area (Å²) in [6, 6.07) is 9.63. The third-order valence-electron chi connectivity index (χ3n) is 4.86. The molecule has 3 aromatic rings. The molecule has 0 saturated heterocycles. The van der Waals surface area contributed by atoms with Gasteiger partial charge in [0.25, 0.3) is 0 Å². The second kappa shape index (κ2) is 9.60. The van der Waals surface area contributed by atoms with Crippen molar-refractivity contribution in [1.29, 1.82) is 0 Å². The normalized spacial score (nSPS) is 10.6. The van der Waals surface area contributed by atoms with Crippen LogP contribution in [0.2, 0.25) is 0 Å². The van der Waals surface area contributed by atoms with Crippen molar-refractivity contribution in [2.75, 3.05) is 13.7 Å². The van der Waals surface area contributed by atoms with Gasteiger partial charge >= 0.3 is 0 Å². The van der Waals surface area contributed by atoms with Gasteiger partial charge in [0.1, 0.15) is 0 Å². The lowest BCUT2D eigenvalue weighted by molar-refractivity contribution is 0.101. The van der Waals surface area contributed by atoms with Gasteiger partial charge in [-0.3, -0.25) is 4.79 Å². The summed E-state index contributed by atoms with van der Waals surface area (Å²) in [7, 11) is 1.58. The predicted molar refractivity (Wildman–Crippen MR) is 114 cm³/mol. The molecule has 5 nitrogen and oxygen atoms in total. The topological polar surface area (TPSA) is 53.4 Å². The third kappa shape index (κ3) is 4.84. The lowest BCUT2D eigenvalue weighted by Gasteiger charge is -2.12. The lowest BCUT2D eigenvalue weighted by atomic mass is 10.1. The summed E-state index contributed by atoms with van der Waals surface area (Å²) in [4.78, 5) is 16.0. The fourth-order valence-corrected chi connectivity index (χ4v) is 3.06. The Morgan fingerprint density at radius 2 is 1.82 bits per heavy atom. The molecular formula is C22H27ClN2O3. The summed E-state index contributed by atoms with van der Waals surface area (Å²) in [5.41, 5.74) is 5.40. The largest absolute Gasteiger partial charge is 0.493 e. The van der Waals surface area contributed by atoms with Gasteiger partial charge in [0, 0.05) is 12.1 Å². The van der Waals surface area contributed by atoms with Gasteiger partial charge in [0.15, 0.2) is 17.3 Å². The summed E-state index contributed by atoms with van der Waals surface area (Å²) in [5.74, 6) is 1.27. The van der Waals surface area contributed by atoms with E-state index in [1.54, 1.807) is 25.3 Å². The number of unbranched alkanes of at least 4 members (excludes halogenated alkanes) is 1. The molecule has 0 aliphatic heterocycles. The molecule has 3 rings (SSSR count). The van der Waals surface area contributed by atoms with Crippen LogP contribution >= 0.6 is 12.4 Å². The number of ketones is 1. The Morgan fingerprint density at radius 1 is 1.07 bits per heavy atom. The van der Waals surface area contributed by atoms with Crippen molar-refractivity contribution in [2.45, 2.75) is 40.2 Å². The van der Waals surface area contributed by atoms with Crippen LogP contribution < -0.4 is 9.47 Å². The van der Waals surface area contributed by atoms with Gasteiger partial charge in [-0.1, -0.05) is 0 Å². The second-order valence-electron chi connectivity index (χ2n) is 6.84. The van der Waals surface area contributed by atoms with Crippen LogP contribution in [0.5, 0.6) is 11.5 Å². The van der Waals surface area contributed by atoms with E-state index in [0.717, 1.165) is 24.9 Å². The minimum Gasteiger partial charge on any atom is -0.493 e. The number of Topliss-reactive ketones (excluding diaryl/α,β-unsaturated/α-hetero) is 1. The average molecular weight is 403 g/mol. The highest BCUT2D eigenvalue weighted by Crippen LogP contribution is 2.28. The van der Waals surface area contributed by atoms with Crippen LogP contribution in [0.3, 0.4) is 0 Å². The first-order chi connectivity index (χ1) is 13.0. The highest BCUT2D eigenvalue weighted by atomic mass is 35.5. The number of rotatable bonds is 8. The number of aryl methyl sites for hydroxylation is 3. The summed E-state index contributed by atoms with van der Waals surface area (Å²) in [6.45, 7) is 7.29. The van der Waals surface area contributed by atoms with Gasteiger partial charge in [0.2, 0.25) is 0 Å². The van der Waals surface area contributed by atoms with E-state index in [2.05, 4.69) is 35.5 Å². The Bertz CT molecular complexity index is 966. The van der Waals surface area contributed by atoms with Crippen LogP contribution in [0.4, 0.5) is 0 Å². The zero-order valence-corrected chi connectivity index (χ0v) is 17.6. The quantitative estimate of drug-likeness (QED) is 0.386. The Morgan fingerprint density at radius 3 is 2.54 bits per heavy atom. The number of fused-ring (bicyclic) bond motifs is 1.